The molecule has 0 aliphatic heterocycles. The first-order valence-corrected chi connectivity index (χ1v) is 12.8. The molecular weight excluding hydrogens is 464 g/mol. The Bertz CT molecular complexity index is 1290. The van der Waals surface area contributed by atoms with Crippen LogP contribution in [0.25, 0.3) is 5.69 Å². The number of rotatable bonds is 7. The summed E-state index contributed by atoms with van der Waals surface area (Å²) in [5, 5.41) is 20.1. The fraction of sp³-hybridized carbons (Fsp3) is 0.280. The third-order valence-electron chi connectivity index (χ3n) is 5.24. The van der Waals surface area contributed by atoms with Gasteiger partial charge in [-0.1, -0.05) is 68.1 Å². The van der Waals surface area contributed by atoms with Gasteiger partial charge in [0.15, 0.2) is 4.34 Å². The van der Waals surface area contributed by atoms with Gasteiger partial charge in [-0.3, -0.25) is 4.79 Å². The normalized spacial score (nSPS) is 11.4. The SMILES string of the molecule is Cc1ccc(Nc2nnc(SCC(=O)Nc3cc(C(C)(C)C)nn3-c3ccccc3)s2)cc1C. The van der Waals surface area contributed by atoms with Crippen molar-refractivity contribution in [2.45, 2.75) is 44.4 Å². The summed E-state index contributed by atoms with van der Waals surface area (Å²) in [6.07, 6.45) is 0. The molecule has 7 nitrogen and oxygen atoms in total. The summed E-state index contributed by atoms with van der Waals surface area (Å²) < 4.78 is 2.51. The maximum Gasteiger partial charge on any atom is 0.235 e. The number of carbonyl (C=O) groups is 1. The van der Waals surface area contributed by atoms with Crippen LogP contribution in [0.4, 0.5) is 16.6 Å². The third-order valence-corrected chi connectivity index (χ3v) is 7.21. The number of para-hydroxylation sites is 1. The first kappa shape index (κ1) is 24.0. The Morgan fingerprint density at radius 2 is 1.79 bits per heavy atom. The molecule has 2 N–H and O–H groups in total. The van der Waals surface area contributed by atoms with Gasteiger partial charge >= 0.3 is 0 Å². The summed E-state index contributed by atoms with van der Waals surface area (Å²) in [4.78, 5) is 12.8. The van der Waals surface area contributed by atoms with Gasteiger partial charge in [0.2, 0.25) is 11.0 Å². The van der Waals surface area contributed by atoms with Gasteiger partial charge in [-0.15, -0.1) is 10.2 Å². The number of hydrogen-bond donors (Lipinski definition) is 2. The molecule has 4 rings (SSSR count). The Hall–Kier alpha value is -3.17. The zero-order valence-electron chi connectivity index (χ0n) is 19.9. The number of anilines is 3. The minimum absolute atomic E-state index is 0.124. The molecule has 4 aromatic rings. The molecule has 1 amide bonds. The second-order valence-corrected chi connectivity index (χ2v) is 11.2. The summed E-state index contributed by atoms with van der Waals surface area (Å²) >= 11 is 2.79. The average molecular weight is 493 g/mol. The number of benzene rings is 2. The van der Waals surface area contributed by atoms with Crippen LogP contribution >= 0.6 is 23.1 Å². The Morgan fingerprint density at radius 1 is 1.03 bits per heavy atom. The standard InChI is InChI=1S/C25H28N6OS2/c1-16-11-12-18(13-17(16)2)26-23-28-29-24(34-23)33-15-22(32)27-21-14-20(25(3,4)5)30-31(21)19-9-7-6-8-10-19/h6-14H,15H2,1-5H3,(H,26,28)(H,27,32). The van der Waals surface area contributed by atoms with Crippen molar-refractivity contribution in [1.29, 1.82) is 0 Å². The van der Waals surface area contributed by atoms with E-state index in [0.29, 0.717) is 10.9 Å². The molecule has 2 heterocycles. The third kappa shape index (κ3) is 5.84. The molecule has 0 spiro atoms. The van der Waals surface area contributed by atoms with E-state index in [9.17, 15) is 4.79 Å². The van der Waals surface area contributed by atoms with E-state index in [1.165, 1.54) is 34.2 Å². The molecule has 0 radical (unpaired) electrons. The number of amides is 1. The maximum atomic E-state index is 12.8. The van der Waals surface area contributed by atoms with Crippen LogP contribution in [0, 0.1) is 13.8 Å². The number of thioether (sulfide) groups is 1. The zero-order valence-corrected chi connectivity index (χ0v) is 21.5. The predicted molar refractivity (Wildman–Crippen MR) is 141 cm³/mol. The van der Waals surface area contributed by atoms with Crippen molar-refractivity contribution in [3.05, 3.63) is 71.4 Å². The fourth-order valence-corrected chi connectivity index (χ4v) is 4.74. The molecule has 0 aliphatic rings. The van der Waals surface area contributed by atoms with Gasteiger partial charge in [0.1, 0.15) is 5.82 Å². The first-order chi connectivity index (χ1) is 16.2. The molecule has 0 unspecified atom stereocenters. The van der Waals surface area contributed by atoms with Crippen molar-refractivity contribution in [1.82, 2.24) is 20.0 Å². The van der Waals surface area contributed by atoms with Crippen LogP contribution in [0.3, 0.4) is 0 Å². The molecule has 0 saturated heterocycles. The molecule has 9 heteroatoms. The Kier molecular flexibility index (Phi) is 7.04. The minimum atomic E-state index is -0.139. The molecule has 0 fully saturated rings. The van der Waals surface area contributed by atoms with Gasteiger partial charge in [-0.05, 0) is 49.2 Å². The summed E-state index contributed by atoms with van der Waals surface area (Å²) in [5.41, 5.74) is 5.09. The van der Waals surface area contributed by atoms with E-state index in [-0.39, 0.29) is 17.1 Å². The van der Waals surface area contributed by atoms with Gasteiger partial charge < -0.3 is 10.6 Å². The number of aromatic nitrogens is 4. The highest BCUT2D eigenvalue weighted by Gasteiger charge is 2.21. The molecular formula is C25H28N6OS2. The van der Waals surface area contributed by atoms with Crippen molar-refractivity contribution >= 4 is 45.6 Å². The second-order valence-electron chi connectivity index (χ2n) is 9.05. The van der Waals surface area contributed by atoms with Crippen LogP contribution in [0.1, 0.15) is 37.6 Å². The van der Waals surface area contributed by atoms with E-state index >= 15 is 0 Å². The highest BCUT2D eigenvalue weighted by Crippen LogP contribution is 2.29. The lowest BCUT2D eigenvalue weighted by Crippen LogP contribution is -2.16. The minimum Gasteiger partial charge on any atom is -0.330 e. The molecule has 176 valence electrons. The van der Waals surface area contributed by atoms with Crippen molar-refractivity contribution in [3.63, 3.8) is 0 Å². The highest BCUT2D eigenvalue weighted by atomic mass is 32.2. The maximum absolute atomic E-state index is 12.8. The Balaban J connectivity index is 1.41. The van der Waals surface area contributed by atoms with E-state index in [2.05, 4.69) is 67.6 Å². The monoisotopic (exact) mass is 492 g/mol. The highest BCUT2D eigenvalue weighted by molar-refractivity contribution is 8.01. The lowest BCUT2D eigenvalue weighted by molar-refractivity contribution is -0.113. The van der Waals surface area contributed by atoms with Crippen LogP contribution in [0.2, 0.25) is 0 Å². The zero-order chi connectivity index (χ0) is 24.3. The summed E-state index contributed by atoms with van der Waals surface area (Å²) in [6.45, 7) is 10.5. The average Bonchev–Trinajstić information content (AvgIpc) is 3.42. The number of nitrogens with one attached hydrogen (secondary N) is 2. The van der Waals surface area contributed by atoms with Crippen LogP contribution in [-0.4, -0.2) is 31.6 Å². The molecule has 2 aromatic carbocycles. The van der Waals surface area contributed by atoms with E-state index < -0.39 is 0 Å². The molecule has 34 heavy (non-hydrogen) atoms. The van der Waals surface area contributed by atoms with E-state index in [1.54, 1.807) is 4.68 Å². The lowest BCUT2D eigenvalue weighted by Gasteiger charge is -2.14. The number of carbonyl (C=O) groups excluding carboxylic acids is 1. The van der Waals surface area contributed by atoms with Crippen LogP contribution < -0.4 is 10.6 Å². The van der Waals surface area contributed by atoms with Gasteiger partial charge in [-0.2, -0.15) is 5.10 Å². The second kappa shape index (κ2) is 9.99. The van der Waals surface area contributed by atoms with Crippen molar-refractivity contribution < 1.29 is 4.79 Å². The van der Waals surface area contributed by atoms with Gasteiger partial charge in [0, 0.05) is 17.2 Å². The lowest BCUT2D eigenvalue weighted by atomic mass is 9.92. The molecule has 0 atom stereocenters. The smallest absolute Gasteiger partial charge is 0.235 e. The quantitative estimate of drug-likeness (QED) is 0.303. The van der Waals surface area contributed by atoms with E-state index in [1.807, 2.05) is 42.5 Å². The van der Waals surface area contributed by atoms with Crippen LogP contribution in [0.5, 0.6) is 0 Å². The number of nitrogens with zero attached hydrogens (tertiary/aromatic N) is 4. The van der Waals surface area contributed by atoms with Crippen molar-refractivity contribution in [2.75, 3.05) is 16.4 Å². The topological polar surface area (TPSA) is 84.7 Å². The Morgan fingerprint density at radius 3 is 2.50 bits per heavy atom. The largest absolute Gasteiger partial charge is 0.330 e. The van der Waals surface area contributed by atoms with Crippen molar-refractivity contribution in [2.24, 2.45) is 0 Å². The van der Waals surface area contributed by atoms with Crippen LogP contribution in [-0.2, 0) is 10.2 Å². The van der Waals surface area contributed by atoms with Crippen LogP contribution in [0.15, 0.2) is 58.9 Å². The first-order valence-electron chi connectivity index (χ1n) is 11.0. The van der Waals surface area contributed by atoms with Gasteiger partial charge in [0.25, 0.3) is 0 Å². The van der Waals surface area contributed by atoms with Gasteiger partial charge in [0.05, 0.1) is 17.1 Å². The summed E-state index contributed by atoms with van der Waals surface area (Å²) in [7, 11) is 0. The molecule has 0 aliphatic carbocycles. The molecule has 0 bridgehead atoms. The number of hydrogen-bond acceptors (Lipinski definition) is 7. The number of aryl methyl sites for hydroxylation is 2. The summed E-state index contributed by atoms with van der Waals surface area (Å²) in [6, 6.07) is 17.9. The summed E-state index contributed by atoms with van der Waals surface area (Å²) in [5.74, 6) is 0.751. The van der Waals surface area contributed by atoms with E-state index in [4.69, 9.17) is 5.10 Å². The van der Waals surface area contributed by atoms with Crippen molar-refractivity contribution in [3.8, 4) is 5.69 Å². The fourth-order valence-electron chi connectivity index (χ4n) is 3.17. The Labute approximate surface area is 208 Å². The molecule has 2 aromatic heterocycles. The predicted octanol–water partition coefficient (Wildman–Crippen LogP) is 6.11. The van der Waals surface area contributed by atoms with E-state index in [0.717, 1.165) is 21.4 Å². The van der Waals surface area contributed by atoms with Gasteiger partial charge in [-0.25, -0.2) is 4.68 Å². The molecule has 0 saturated carbocycles.